The van der Waals surface area contributed by atoms with Crippen molar-refractivity contribution in [3.63, 3.8) is 0 Å². The van der Waals surface area contributed by atoms with Gasteiger partial charge in [-0.15, -0.1) is 0 Å². The van der Waals surface area contributed by atoms with Crippen LogP contribution in [0.5, 0.6) is 0 Å². The van der Waals surface area contributed by atoms with E-state index in [9.17, 15) is 43.2 Å². The van der Waals surface area contributed by atoms with E-state index < -0.39 is 97.5 Å². The van der Waals surface area contributed by atoms with Crippen molar-refractivity contribution in [2.45, 2.75) is 355 Å². The van der Waals surface area contributed by atoms with Crippen LogP contribution >= 0.6 is 15.6 Å². The van der Waals surface area contributed by atoms with Crippen LogP contribution in [-0.4, -0.2) is 96.7 Å². The zero-order valence-corrected chi connectivity index (χ0v) is 56.5. The molecule has 3 unspecified atom stereocenters. The molecule has 0 fully saturated rings. The molecule has 0 aliphatic carbocycles. The van der Waals surface area contributed by atoms with Gasteiger partial charge in [0.05, 0.1) is 26.4 Å². The molecule has 19 heteroatoms. The molecule has 0 aliphatic rings. The minimum absolute atomic E-state index is 0.107. The Morgan fingerprint density at radius 3 is 0.835 bits per heavy atom. The predicted octanol–water partition coefficient (Wildman–Crippen LogP) is 18.6. The molecule has 0 heterocycles. The normalized spacial score (nSPS) is 14.5. The molecule has 0 bridgehead atoms. The first-order valence-electron chi connectivity index (χ1n) is 34.7. The fourth-order valence-electron chi connectivity index (χ4n) is 9.90. The number of carbonyl (C=O) groups excluding carboxylic acids is 4. The van der Waals surface area contributed by atoms with Crippen LogP contribution in [0.4, 0.5) is 0 Å². The number of carbonyl (C=O) groups is 4. The van der Waals surface area contributed by atoms with Crippen LogP contribution in [0.3, 0.4) is 0 Å². The van der Waals surface area contributed by atoms with E-state index in [0.717, 1.165) is 95.8 Å². The van der Waals surface area contributed by atoms with Crippen molar-refractivity contribution in [1.29, 1.82) is 0 Å². The van der Waals surface area contributed by atoms with Crippen LogP contribution in [0, 0.1) is 5.92 Å². The highest BCUT2D eigenvalue weighted by Gasteiger charge is 2.30. The fraction of sp³-hybridized carbons (Fsp3) is 0.939. The van der Waals surface area contributed by atoms with Gasteiger partial charge < -0.3 is 33.8 Å². The molecule has 504 valence electrons. The largest absolute Gasteiger partial charge is 0.472 e. The van der Waals surface area contributed by atoms with E-state index in [1.165, 1.54) is 161 Å². The molecule has 0 aromatic carbocycles. The van der Waals surface area contributed by atoms with Crippen LogP contribution in [-0.2, 0) is 65.4 Å². The molecule has 0 aromatic heterocycles. The molecule has 17 nitrogen and oxygen atoms in total. The zero-order chi connectivity index (χ0) is 62.8. The van der Waals surface area contributed by atoms with Gasteiger partial charge in [0, 0.05) is 25.7 Å². The lowest BCUT2D eigenvalue weighted by molar-refractivity contribution is -0.161. The van der Waals surface area contributed by atoms with E-state index in [1.807, 2.05) is 0 Å². The topological polar surface area (TPSA) is 237 Å². The van der Waals surface area contributed by atoms with Gasteiger partial charge in [0.1, 0.15) is 19.3 Å². The minimum atomic E-state index is -4.95. The molecule has 0 saturated heterocycles. The second-order valence-electron chi connectivity index (χ2n) is 24.1. The fourth-order valence-corrected chi connectivity index (χ4v) is 11.5. The second-order valence-corrected chi connectivity index (χ2v) is 27.0. The summed E-state index contributed by atoms with van der Waals surface area (Å²) in [4.78, 5) is 72.3. The summed E-state index contributed by atoms with van der Waals surface area (Å²) in [6.45, 7) is 7.22. The molecular weight excluding hydrogens is 1130 g/mol. The van der Waals surface area contributed by atoms with E-state index in [2.05, 4.69) is 34.6 Å². The van der Waals surface area contributed by atoms with Gasteiger partial charge in [-0.3, -0.25) is 37.3 Å². The summed E-state index contributed by atoms with van der Waals surface area (Å²) >= 11 is 0. The van der Waals surface area contributed by atoms with E-state index >= 15 is 0 Å². The maximum atomic E-state index is 13.0. The monoisotopic (exact) mass is 1250 g/mol. The van der Waals surface area contributed by atoms with Crippen LogP contribution in [0.25, 0.3) is 0 Å². The summed E-state index contributed by atoms with van der Waals surface area (Å²) in [5.74, 6) is -1.32. The number of phosphoric acid groups is 2. The minimum Gasteiger partial charge on any atom is -0.462 e. The summed E-state index contributed by atoms with van der Waals surface area (Å²) in [5.41, 5.74) is 0. The Morgan fingerprint density at radius 1 is 0.329 bits per heavy atom. The lowest BCUT2D eigenvalue weighted by Gasteiger charge is -2.21. The predicted molar refractivity (Wildman–Crippen MR) is 340 cm³/mol. The maximum absolute atomic E-state index is 13.0. The Morgan fingerprint density at radius 2 is 0.565 bits per heavy atom. The number of aliphatic hydroxyl groups excluding tert-OH is 1. The number of ether oxygens (including phenoxy) is 4. The van der Waals surface area contributed by atoms with Gasteiger partial charge in [-0.25, -0.2) is 9.13 Å². The third-order valence-corrected chi connectivity index (χ3v) is 17.5. The Hall–Kier alpha value is -1.94. The van der Waals surface area contributed by atoms with Gasteiger partial charge in [-0.2, -0.15) is 0 Å². The van der Waals surface area contributed by atoms with Crippen LogP contribution in [0.2, 0.25) is 0 Å². The van der Waals surface area contributed by atoms with Gasteiger partial charge >= 0.3 is 39.5 Å². The Labute approximate surface area is 517 Å². The van der Waals surface area contributed by atoms with Crippen molar-refractivity contribution < 1.29 is 80.2 Å². The first kappa shape index (κ1) is 83.1. The lowest BCUT2D eigenvalue weighted by Crippen LogP contribution is -2.30. The molecule has 0 rings (SSSR count). The highest BCUT2D eigenvalue weighted by Crippen LogP contribution is 2.45. The van der Waals surface area contributed by atoms with Gasteiger partial charge in [0.25, 0.3) is 0 Å². The number of hydrogen-bond acceptors (Lipinski definition) is 15. The van der Waals surface area contributed by atoms with Crippen molar-refractivity contribution in [2.24, 2.45) is 5.92 Å². The van der Waals surface area contributed by atoms with Crippen molar-refractivity contribution in [2.75, 3.05) is 39.6 Å². The first-order chi connectivity index (χ1) is 41.1. The third-order valence-electron chi connectivity index (χ3n) is 15.6. The molecule has 0 aliphatic heterocycles. The zero-order valence-electron chi connectivity index (χ0n) is 54.7. The molecule has 3 N–H and O–H groups in total. The smallest absolute Gasteiger partial charge is 0.462 e. The average molecular weight is 1260 g/mol. The van der Waals surface area contributed by atoms with E-state index in [4.69, 9.17) is 37.0 Å². The number of rotatable bonds is 66. The highest BCUT2D eigenvalue weighted by atomic mass is 31.2. The quantitative estimate of drug-likeness (QED) is 0.0222. The number of unbranched alkanes of at least 4 members (excludes halogenated alkanes) is 37. The molecule has 6 atom stereocenters. The van der Waals surface area contributed by atoms with Crippen LogP contribution in [0.15, 0.2) is 0 Å². The summed E-state index contributed by atoms with van der Waals surface area (Å²) < 4.78 is 68.1. The third kappa shape index (κ3) is 59.5. The van der Waals surface area contributed by atoms with E-state index in [1.54, 1.807) is 0 Å². The standard InChI is InChI=1S/C66H128O17P2/c1-6-10-13-16-19-22-25-31-35-40-45-50-64(69)77-56-62(83-66(71)52-47-42-37-32-27-26-28-33-38-43-48-59(5)9-4)58-81-85(74,75)79-54-60(67)53-78-84(72,73)80-57-61(82-65(70)51-46-41-36-30-24-21-18-15-12-8-3)55-76-63(68)49-44-39-34-29-23-20-17-14-11-7-2/h59-62,67H,6-58H2,1-5H3,(H,72,73)(H,74,75)/t59?,60-,61+,62+/m0/s1. The summed E-state index contributed by atoms with van der Waals surface area (Å²) in [7, 11) is -9.89. The van der Waals surface area contributed by atoms with Crippen molar-refractivity contribution >= 4 is 39.5 Å². The van der Waals surface area contributed by atoms with E-state index in [0.29, 0.717) is 25.7 Å². The number of aliphatic hydroxyl groups is 1. The summed E-state index contributed by atoms with van der Waals surface area (Å²) in [6, 6.07) is 0. The van der Waals surface area contributed by atoms with Gasteiger partial charge in [-0.05, 0) is 31.6 Å². The van der Waals surface area contributed by atoms with Crippen molar-refractivity contribution in [3.8, 4) is 0 Å². The summed E-state index contributed by atoms with van der Waals surface area (Å²) in [6.07, 6.45) is 44.2. The van der Waals surface area contributed by atoms with Crippen LogP contribution < -0.4 is 0 Å². The van der Waals surface area contributed by atoms with Crippen LogP contribution in [0.1, 0.15) is 336 Å². The number of hydrogen-bond donors (Lipinski definition) is 3. The SMILES string of the molecule is CCCCCCCCCCCCCC(=O)OC[C@H](COP(=O)(O)OC[C@@H](O)COP(=O)(O)OC[C@@H](COC(=O)CCCCCCCCCCCC)OC(=O)CCCCCCCCCCCC)OC(=O)CCCCCCCCCCCCC(C)CC. The highest BCUT2D eigenvalue weighted by molar-refractivity contribution is 7.47. The number of esters is 4. The maximum Gasteiger partial charge on any atom is 0.472 e. The molecule has 0 amide bonds. The summed E-state index contributed by atoms with van der Waals surface area (Å²) in [5, 5.41) is 10.5. The molecule has 0 aromatic rings. The Kier molecular flexibility index (Phi) is 58.3. The molecular formula is C66H128O17P2. The van der Waals surface area contributed by atoms with E-state index in [-0.39, 0.29) is 25.7 Å². The van der Waals surface area contributed by atoms with Gasteiger partial charge in [0.15, 0.2) is 12.2 Å². The van der Waals surface area contributed by atoms with Crippen molar-refractivity contribution in [3.05, 3.63) is 0 Å². The average Bonchev–Trinajstić information content (AvgIpc) is 3.52. The molecule has 0 radical (unpaired) electrons. The van der Waals surface area contributed by atoms with Crippen molar-refractivity contribution in [1.82, 2.24) is 0 Å². The lowest BCUT2D eigenvalue weighted by atomic mass is 9.99. The second kappa shape index (κ2) is 59.7. The Bertz CT molecular complexity index is 1650. The van der Waals surface area contributed by atoms with Gasteiger partial charge in [-0.1, -0.05) is 285 Å². The molecule has 0 spiro atoms. The Balaban J connectivity index is 5.24. The number of phosphoric ester groups is 2. The van der Waals surface area contributed by atoms with Gasteiger partial charge in [0.2, 0.25) is 0 Å². The molecule has 0 saturated carbocycles. The molecule has 85 heavy (non-hydrogen) atoms. The first-order valence-corrected chi connectivity index (χ1v) is 37.7.